The predicted molar refractivity (Wildman–Crippen MR) is 166 cm³/mol. The van der Waals surface area contributed by atoms with E-state index in [1.54, 1.807) is 25.1 Å². The second-order valence-electron chi connectivity index (χ2n) is 13.3. The Bertz CT molecular complexity index is 1490. The Labute approximate surface area is 261 Å². The highest BCUT2D eigenvalue weighted by Gasteiger charge is 2.68. The van der Waals surface area contributed by atoms with E-state index in [9.17, 15) is 24.8 Å². The van der Waals surface area contributed by atoms with Gasteiger partial charge in [0.25, 0.3) is 5.69 Å². The summed E-state index contributed by atoms with van der Waals surface area (Å²) in [4.78, 5) is 37.6. The lowest BCUT2D eigenvalue weighted by molar-refractivity contribution is -0.384. The Hall–Kier alpha value is -3.38. The molecule has 0 aliphatic heterocycles. The van der Waals surface area contributed by atoms with Crippen molar-refractivity contribution in [2.45, 2.75) is 84.1 Å². The number of carbonyl (C=O) groups is 2. The average Bonchev–Trinajstić information content (AvgIpc) is 3.54. The molecule has 2 bridgehead atoms. The average molecular weight is 624 g/mol. The van der Waals surface area contributed by atoms with Crippen LogP contribution in [0.3, 0.4) is 0 Å². The molecule has 1 aromatic heterocycles. The summed E-state index contributed by atoms with van der Waals surface area (Å²) in [5, 5.41) is 35.7. The normalized spacial score (nSPS) is 35.1. The number of thioether (sulfide) groups is 1. The number of ether oxygens (including phenoxy) is 1. The number of aromatic nitrogens is 3. The van der Waals surface area contributed by atoms with Crippen LogP contribution in [0.5, 0.6) is 0 Å². The minimum absolute atomic E-state index is 0.0152. The van der Waals surface area contributed by atoms with Crippen molar-refractivity contribution in [3.63, 3.8) is 0 Å². The van der Waals surface area contributed by atoms with Crippen molar-refractivity contribution >= 4 is 35.4 Å². The number of esters is 1. The van der Waals surface area contributed by atoms with Gasteiger partial charge in [0.15, 0.2) is 5.82 Å². The summed E-state index contributed by atoms with van der Waals surface area (Å²) < 4.78 is 7.82. The topological polar surface area (TPSA) is 150 Å². The smallest absolute Gasteiger partial charge is 0.316 e. The number of aliphatic hydroxyl groups excluding tert-OH is 1. The van der Waals surface area contributed by atoms with Gasteiger partial charge in [0.2, 0.25) is 5.16 Å². The van der Waals surface area contributed by atoms with Crippen molar-refractivity contribution < 1.29 is 24.4 Å². The van der Waals surface area contributed by atoms with Crippen LogP contribution in [-0.2, 0) is 14.3 Å². The molecule has 1 heterocycles. The van der Waals surface area contributed by atoms with E-state index < -0.39 is 33.9 Å². The van der Waals surface area contributed by atoms with E-state index in [4.69, 9.17) is 4.74 Å². The lowest BCUT2D eigenvalue weighted by Crippen LogP contribution is -2.63. The summed E-state index contributed by atoms with van der Waals surface area (Å²) in [6.07, 6.45) is 5.38. The minimum Gasteiger partial charge on any atom is -0.461 e. The number of aliphatic hydroxyl groups is 1. The zero-order valence-electron chi connectivity index (χ0n) is 25.9. The maximum absolute atomic E-state index is 13.6. The van der Waals surface area contributed by atoms with Crippen LogP contribution < -0.4 is 0 Å². The Morgan fingerprint density at radius 1 is 1.27 bits per heavy atom. The number of nitro groups is 1. The van der Waals surface area contributed by atoms with Gasteiger partial charge in [0.05, 0.1) is 23.0 Å². The van der Waals surface area contributed by atoms with E-state index in [0.29, 0.717) is 29.4 Å². The van der Waals surface area contributed by atoms with Crippen LogP contribution in [0.2, 0.25) is 0 Å². The number of ketones is 1. The number of aryl methyl sites for hydroxylation is 1. The number of non-ortho nitro benzene ring substituents is 1. The molecule has 1 aromatic carbocycles. The first-order valence-electron chi connectivity index (χ1n) is 15.1. The van der Waals surface area contributed by atoms with Gasteiger partial charge in [-0.25, -0.2) is 0 Å². The van der Waals surface area contributed by atoms with Gasteiger partial charge < -0.3 is 9.84 Å². The SMILES string of the molecule is C=C[C@]1(C)C[C@@H](OC(=O)CSc2nnc(C)n2/N=C/c2ccc([N+](=O)[O-])cc2)[C@]2(C)[C@H](C)CC[C@]3(CCC(=O)[C@H]32)[C@@H](C)[C@@H]1O. The molecule has 3 fully saturated rings. The third-order valence-electron chi connectivity index (χ3n) is 11.1. The molecule has 236 valence electrons. The van der Waals surface area contributed by atoms with Crippen molar-refractivity contribution in [2.75, 3.05) is 5.75 Å². The lowest BCUT2D eigenvalue weighted by Gasteiger charge is -2.61. The lowest BCUT2D eigenvalue weighted by atomic mass is 9.44. The maximum Gasteiger partial charge on any atom is 0.316 e. The molecule has 0 unspecified atom stereocenters. The third-order valence-corrected chi connectivity index (χ3v) is 12.0. The van der Waals surface area contributed by atoms with E-state index in [2.05, 4.69) is 42.6 Å². The van der Waals surface area contributed by atoms with Crippen LogP contribution in [0.15, 0.2) is 47.2 Å². The Morgan fingerprint density at radius 3 is 2.64 bits per heavy atom. The van der Waals surface area contributed by atoms with Gasteiger partial charge in [-0.1, -0.05) is 45.5 Å². The van der Waals surface area contributed by atoms with Crippen LogP contribution in [0.1, 0.15) is 71.2 Å². The van der Waals surface area contributed by atoms with Gasteiger partial charge in [-0.2, -0.15) is 9.78 Å². The molecule has 0 saturated heterocycles. The highest BCUT2D eigenvalue weighted by molar-refractivity contribution is 7.99. The first kappa shape index (κ1) is 32.0. The molecule has 12 heteroatoms. The van der Waals surface area contributed by atoms with Gasteiger partial charge in [0, 0.05) is 35.3 Å². The molecule has 0 spiro atoms. The zero-order valence-corrected chi connectivity index (χ0v) is 26.7. The van der Waals surface area contributed by atoms with Gasteiger partial charge in [-0.15, -0.1) is 16.8 Å². The molecule has 3 saturated carbocycles. The molecule has 8 atom stereocenters. The summed E-state index contributed by atoms with van der Waals surface area (Å²) in [5.74, 6) is -0.0292. The third kappa shape index (κ3) is 5.29. The zero-order chi connectivity index (χ0) is 32.0. The fourth-order valence-electron chi connectivity index (χ4n) is 8.19. The van der Waals surface area contributed by atoms with Crippen molar-refractivity contribution in [1.29, 1.82) is 0 Å². The first-order valence-corrected chi connectivity index (χ1v) is 16.1. The number of rotatable bonds is 8. The van der Waals surface area contributed by atoms with E-state index in [-0.39, 0.29) is 40.4 Å². The summed E-state index contributed by atoms with van der Waals surface area (Å²) in [6, 6.07) is 5.97. The van der Waals surface area contributed by atoms with Crippen molar-refractivity contribution in [1.82, 2.24) is 14.9 Å². The number of hydrogen-bond acceptors (Lipinski definition) is 10. The molecule has 5 rings (SSSR count). The monoisotopic (exact) mass is 623 g/mol. The van der Waals surface area contributed by atoms with Crippen molar-refractivity contribution in [3.05, 3.63) is 58.4 Å². The summed E-state index contributed by atoms with van der Waals surface area (Å²) in [5.41, 5.74) is -0.992. The number of nitrogens with zero attached hydrogens (tertiary/aromatic N) is 5. The standard InChI is InChI=1S/C32H41N5O6S/c1-7-30(5)16-25(31(6)19(2)12-14-32(20(3)28(30)40)15-13-24(38)27(31)32)43-26(39)18-44-29-35-34-21(4)36(29)33-17-22-8-10-23(11-9-22)37(41)42/h7-11,17,19-20,25,27-28,40H,1,12-16,18H2,2-6H3/b33-17+/t19-,20+,25-,27+,28+,30-,31+,32+/m1/s1. The molecule has 0 radical (unpaired) electrons. The van der Waals surface area contributed by atoms with Crippen LogP contribution in [0.4, 0.5) is 5.69 Å². The molecule has 44 heavy (non-hydrogen) atoms. The molecular formula is C32H41N5O6S. The largest absolute Gasteiger partial charge is 0.461 e. The maximum atomic E-state index is 13.6. The van der Waals surface area contributed by atoms with Crippen molar-refractivity contribution in [2.24, 2.45) is 39.1 Å². The van der Waals surface area contributed by atoms with Crippen LogP contribution in [0.25, 0.3) is 0 Å². The molecule has 11 nitrogen and oxygen atoms in total. The van der Waals surface area contributed by atoms with E-state index in [1.165, 1.54) is 23.0 Å². The van der Waals surface area contributed by atoms with E-state index >= 15 is 0 Å². The number of benzene rings is 1. The van der Waals surface area contributed by atoms with Crippen LogP contribution in [-0.4, -0.2) is 60.8 Å². The number of Topliss-reactive ketones (excluding diaryl/α,β-unsaturated/α-hetero) is 1. The van der Waals surface area contributed by atoms with E-state index in [1.807, 2.05) is 6.92 Å². The molecule has 3 aliphatic rings. The highest BCUT2D eigenvalue weighted by atomic mass is 32.2. The van der Waals surface area contributed by atoms with Gasteiger partial charge in [-0.3, -0.25) is 19.7 Å². The van der Waals surface area contributed by atoms with Gasteiger partial charge in [0.1, 0.15) is 11.9 Å². The highest BCUT2D eigenvalue weighted by Crippen LogP contribution is 2.68. The molecule has 3 aliphatic carbocycles. The summed E-state index contributed by atoms with van der Waals surface area (Å²) in [6.45, 7) is 14.1. The fourth-order valence-corrected chi connectivity index (χ4v) is 8.90. The quantitative estimate of drug-likeness (QED) is 0.102. The molecule has 2 aromatic rings. The number of nitro benzene ring substituents is 1. The Morgan fingerprint density at radius 2 is 1.98 bits per heavy atom. The first-order chi connectivity index (χ1) is 20.8. The van der Waals surface area contributed by atoms with E-state index in [0.717, 1.165) is 31.0 Å². The van der Waals surface area contributed by atoms with Crippen molar-refractivity contribution in [3.8, 4) is 0 Å². The Kier molecular flexibility index (Phi) is 8.62. The molecule has 0 amide bonds. The molecule has 1 N–H and O–H groups in total. The van der Waals surface area contributed by atoms with Gasteiger partial charge >= 0.3 is 5.97 Å². The van der Waals surface area contributed by atoms with Gasteiger partial charge in [-0.05, 0) is 67.6 Å². The Balaban J connectivity index is 1.37. The second kappa shape index (κ2) is 11.8. The predicted octanol–water partition coefficient (Wildman–Crippen LogP) is 5.38. The minimum atomic E-state index is -0.725. The number of carbonyl (C=O) groups excluding carboxylic acids is 2. The van der Waals surface area contributed by atoms with Crippen LogP contribution in [0, 0.1) is 51.0 Å². The summed E-state index contributed by atoms with van der Waals surface area (Å²) in [7, 11) is 0. The molecular weight excluding hydrogens is 582 g/mol. The fraction of sp³-hybridized carbons (Fsp3) is 0.594. The second-order valence-corrected chi connectivity index (χ2v) is 14.2. The number of hydrogen-bond donors (Lipinski definition) is 1. The van der Waals surface area contributed by atoms with Crippen LogP contribution >= 0.6 is 11.8 Å². The summed E-state index contributed by atoms with van der Waals surface area (Å²) >= 11 is 1.14.